The number of carboxylic acids is 1. The molecule has 1 saturated heterocycles. The van der Waals surface area contributed by atoms with Gasteiger partial charge in [0.25, 0.3) is 0 Å². The van der Waals surface area contributed by atoms with E-state index >= 15 is 0 Å². The molecule has 2 rings (SSSR count). The fourth-order valence-corrected chi connectivity index (χ4v) is 3.14. The monoisotopic (exact) mass is 221 g/mol. The van der Waals surface area contributed by atoms with Gasteiger partial charge in [-0.2, -0.15) is 0 Å². The number of hydrogen-bond donors (Lipinski definition) is 1. The van der Waals surface area contributed by atoms with E-state index in [1.54, 1.807) is 0 Å². The van der Waals surface area contributed by atoms with Gasteiger partial charge in [0, 0.05) is 19.5 Å². The van der Waals surface area contributed by atoms with Crippen molar-refractivity contribution in [2.45, 2.75) is 44.6 Å². The Bertz CT molecular complexity index is 304. The first kappa shape index (κ1) is 11.5. The Morgan fingerprint density at radius 2 is 2.00 bits per heavy atom. The van der Waals surface area contributed by atoms with Gasteiger partial charge in [-0.3, -0.25) is 9.69 Å². The van der Waals surface area contributed by atoms with E-state index in [0.29, 0.717) is 11.8 Å². The van der Waals surface area contributed by atoms with Gasteiger partial charge < -0.3 is 5.11 Å². The minimum atomic E-state index is -0.774. The number of nitrogens with zero attached hydrogens (tertiary/aromatic N) is 1. The van der Waals surface area contributed by atoms with Gasteiger partial charge >= 0.3 is 5.97 Å². The van der Waals surface area contributed by atoms with E-state index in [-0.39, 0.29) is 0 Å². The smallest absolute Gasteiger partial charge is 0.321 e. The van der Waals surface area contributed by atoms with E-state index in [2.05, 4.69) is 5.92 Å². The van der Waals surface area contributed by atoms with Crippen LogP contribution in [0.3, 0.4) is 0 Å². The Morgan fingerprint density at radius 1 is 1.38 bits per heavy atom. The lowest BCUT2D eigenvalue weighted by molar-refractivity contribution is -0.150. The first-order valence-electron chi connectivity index (χ1n) is 6.07. The van der Waals surface area contributed by atoms with Crippen molar-refractivity contribution in [1.82, 2.24) is 4.90 Å². The average Bonchev–Trinajstić information content (AvgIpc) is 2.23. The quantitative estimate of drug-likeness (QED) is 0.738. The number of carboxylic acid groups (broad SMARTS) is 1. The van der Waals surface area contributed by atoms with Crippen molar-refractivity contribution in [1.29, 1.82) is 0 Å². The lowest BCUT2D eigenvalue weighted by Crippen LogP contribution is -2.62. The van der Waals surface area contributed by atoms with Crippen molar-refractivity contribution in [3.05, 3.63) is 0 Å². The summed E-state index contributed by atoms with van der Waals surface area (Å²) in [5, 5.41) is 9.09. The molecule has 1 N–H and O–H groups in total. The van der Waals surface area contributed by atoms with E-state index in [4.69, 9.17) is 11.5 Å². The zero-order valence-corrected chi connectivity index (χ0v) is 9.61. The van der Waals surface area contributed by atoms with Crippen LogP contribution in [0.5, 0.6) is 0 Å². The van der Waals surface area contributed by atoms with Gasteiger partial charge in [-0.05, 0) is 18.3 Å². The number of rotatable bonds is 3. The van der Waals surface area contributed by atoms with Crippen LogP contribution in [-0.4, -0.2) is 35.1 Å². The van der Waals surface area contributed by atoms with Crippen molar-refractivity contribution in [2.24, 2.45) is 5.41 Å². The maximum absolute atomic E-state index is 11.1. The first-order valence-corrected chi connectivity index (χ1v) is 6.07. The summed E-state index contributed by atoms with van der Waals surface area (Å²) in [5.41, 5.74) is 0.431. The summed E-state index contributed by atoms with van der Waals surface area (Å²) in [5.74, 6) is 1.69. The highest BCUT2D eigenvalue weighted by molar-refractivity contribution is 5.74. The first-order chi connectivity index (χ1) is 7.67. The van der Waals surface area contributed by atoms with Gasteiger partial charge in [0.05, 0.1) is 0 Å². The highest BCUT2D eigenvalue weighted by atomic mass is 16.4. The Hall–Kier alpha value is -1.01. The van der Waals surface area contributed by atoms with Gasteiger partial charge in [-0.25, -0.2) is 0 Å². The second-order valence-electron chi connectivity index (χ2n) is 5.23. The predicted octanol–water partition coefficient (Wildman–Crippen LogP) is 1.73. The molecule has 3 nitrogen and oxygen atoms in total. The largest absolute Gasteiger partial charge is 0.480 e. The maximum atomic E-state index is 11.1. The highest BCUT2D eigenvalue weighted by Crippen LogP contribution is 2.44. The topological polar surface area (TPSA) is 40.5 Å². The molecule has 2 aliphatic rings. The Balaban J connectivity index is 1.90. The summed E-state index contributed by atoms with van der Waals surface area (Å²) in [7, 11) is 0. The van der Waals surface area contributed by atoms with Crippen molar-refractivity contribution >= 4 is 5.97 Å². The number of terminal acetylenes is 1. The SMILES string of the molecule is C#CCC(C(=O)O)N1CC2(CCCCC2)C1. The second kappa shape index (κ2) is 4.47. The van der Waals surface area contributed by atoms with Crippen LogP contribution in [0.4, 0.5) is 0 Å². The second-order valence-corrected chi connectivity index (χ2v) is 5.23. The summed E-state index contributed by atoms with van der Waals surface area (Å²) in [4.78, 5) is 13.1. The highest BCUT2D eigenvalue weighted by Gasteiger charge is 2.46. The molecule has 1 aliphatic carbocycles. The van der Waals surface area contributed by atoms with E-state index in [1.165, 1.54) is 32.1 Å². The molecule has 1 saturated carbocycles. The normalized spacial score (nSPS) is 25.7. The third-order valence-corrected chi connectivity index (χ3v) is 4.03. The van der Waals surface area contributed by atoms with Crippen LogP contribution in [0, 0.1) is 17.8 Å². The Kier molecular flexibility index (Phi) is 3.20. The molecule has 0 aromatic carbocycles. The van der Waals surface area contributed by atoms with E-state index in [9.17, 15) is 4.79 Å². The van der Waals surface area contributed by atoms with Crippen LogP contribution in [0.25, 0.3) is 0 Å². The molecule has 1 atom stereocenters. The van der Waals surface area contributed by atoms with E-state index in [1.807, 2.05) is 4.90 Å². The summed E-state index contributed by atoms with van der Waals surface area (Å²) >= 11 is 0. The molecule has 0 amide bonds. The van der Waals surface area contributed by atoms with Gasteiger partial charge in [0.1, 0.15) is 6.04 Å². The van der Waals surface area contributed by atoms with Crippen molar-refractivity contribution in [3.8, 4) is 12.3 Å². The third-order valence-electron chi connectivity index (χ3n) is 4.03. The van der Waals surface area contributed by atoms with Gasteiger partial charge in [0.2, 0.25) is 0 Å². The van der Waals surface area contributed by atoms with Crippen LogP contribution in [0.2, 0.25) is 0 Å². The molecule has 3 heteroatoms. The van der Waals surface area contributed by atoms with E-state index in [0.717, 1.165) is 13.1 Å². The maximum Gasteiger partial charge on any atom is 0.321 e. The van der Waals surface area contributed by atoms with Crippen molar-refractivity contribution in [3.63, 3.8) is 0 Å². The lowest BCUT2D eigenvalue weighted by Gasteiger charge is -2.54. The van der Waals surface area contributed by atoms with Crippen LogP contribution in [0.1, 0.15) is 38.5 Å². The molecule has 1 unspecified atom stereocenters. The average molecular weight is 221 g/mol. The molecule has 2 fully saturated rings. The zero-order valence-electron chi connectivity index (χ0n) is 9.61. The molecule has 0 aromatic heterocycles. The molecule has 0 aromatic rings. The molecule has 88 valence electrons. The van der Waals surface area contributed by atoms with Crippen LogP contribution >= 0.6 is 0 Å². The summed E-state index contributed by atoms with van der Waals surface area (Å²) in [6.07, 6.45) is 12.0. The summed E-state index contributed by atoms with van der Waals surface area (Å²) in [6, 6.07) is -0.461. The molecular weight excluding hydrogens is 202 g/mol. The molecule has 1 heterocycles. The van der Waals surface area contributed by atoms with Crippen LogP contribution < -0.4 is 0 Å². The van der Waals surface area contributed by atoms with Gasteiger partial charge in [-0.15, -0.1) is 12.3 Å². The Labute approximate surface area is 96.8 Å². The predicted molar refractivity (Wildman–Crippen MR) is 62.0 cm³/mol. The number of likely N-dealkylation sites (tertiary alicyclic amines) is 1. The third kappa shape index (κ3) is 2.08. The minimum absolute atomic E-state index is 0.325. The standard InChI is InChI=1S/C13H19NO2/c1-2-6-11(12(15)16)14-9-13(10-14)7-4-3-5-8-13/h1,11H,3-10H2,(H,15,16). The Morgan fingerprint density at radius 3 is 2.50 bits per heavy atom. The zero-order chi connectivity index (χ0) is 11.6. The molecule has 0 radical (unpaired) electrons. The van der Waals surface area contributed by atoms with Gasteiger partial charge in [0.15, 0.2) is 0 Å². The van der Waals surface area contributed by atoms with Crippen molar-refractivity contribution < 1.29 is 9.90 Å². The molecule has 16 heavy (non-hydrogen) atoms. The fourth-order valence-electron chi connectivity index (χ4n) is 3.14. The number of aliphatic carboxylic acids is 1. The lowest BCUT2D eigenvalue weighted by atomic mass is 9.68. The minimum Gasteiger partial charge on any atom is -0.480 e. The number of carbonyl (C=O) groups is 1. The molecule has 1 spiro atoms. The fraction of sp³-hybridized carbons (Fsp3) is 0.769. The van der Waals surface area contributed by atoms with Gasteiger partial charge in [-0.1, -0.05) is 19.3 Å². The molecule has 0 bridgehead atoms. The molecule has 1 aliphatic heterocycles. The molecular formula is C13H19NO2. The van der Waals surface area contributed by atoms with Crippen LogP contribution in [0.15, 0.2) is 0 Å². The summed E-state index contributed by atoms with van der Waals surface area (Å²) in [6.45, 7) is 1.87. The van der Waals surface area contributed by atoms with Crippen LogP contribution in [-0.2, 0) is 4.79 Å². The van der Waals surface area contributed by atoms with E-state index < -0.39 is 12.0 Å². The van der Waals surface area contributed by atoms with Crippen molar-refractivity contribution in [2.75, 3.05) is 13.1 Å². The summed E-state index contributed by atoms with van der Waals surface area (Å²) < 4.78 is 0. The number of hydrogen-bond acceptors (Lipinski definition) is 2.